The number of halogens is 1. The minimum atomic E-state index is -0.211. The molecule has 0 saturated carbocycles. The molecule has 84 valence electrons. The van der Waals surface area contributed by atoms with Gasteiger partial charge >= 0.3 is 0 Å². The van der Waals surface area contributed by atoms with Crippen LogP contribution in [0.1, 0.15) is 5.69 Å². The van der Waals surface area contributed by atoms with Crippen LogP contribution in [-0.4, -0.2) is 19.1 Å². The lowest BCUT2D eigenvalue weighted by atomic mass is 10.1. The second-order valence-electron chi connectivity index (χ2n) is 3.82. The van der Waals surface area contributed by atoms with Crippen LogP contribution in [-0.2, 0) is 0 Å². The first kappa shape index (κ1) is 11.1. The van der Waals surface area contributed by atoms with E-state index < -0.39 is 0 Å². The molecule has 0 N–H and O–H groups in total. The Hall–Kier alpha value is -1.42. The summed E-state index contributed by atoms with van der Waals surface area (Å²) in [5, 5.41) is 0.941. The van der Waals surface area contributed by atoms with Gasteiger partial charge in [0.05, 0.1) is 10.6 Å². The van der Waals surface area contributed by atoms with Gasteiger partial charge in [-0.05, 0) is 24.6 Å². The first-order chi connectivity index (χ1) is 7.58. The average Bonchev–Trinajstić information content (AvgIpc) is 2.60. The average molecular weight is 236 g/mol. The largest absolute Gasteiger partial charge is 0.354 e. The maximum atomic E-state index is 13.1. The van der Waals surface area contributed by atoms with Crippen molar-refractivity contribution in [2.75, 3.05) is 19.0 Å². The molecule has 0 fully saturated rings. The highest BCUT2D eigenvalue weighted by atomic mass is 32.1. The van der Waals surface area contributed by atoms with E-state index in [1.807, 2.05) is 32.0 Å². The molecule has 0 radical (unpaired) electrons. The van der Waals surface area contributed by atoms with Crippen molar-refractivity contribution < 1.29 is 4.39 Å². The fourth-order valence-electron chi connectivity index (χ4n) is 1.47. The lowest BCUT2D eigenvalue weighted by molar-refractivity contribution is 0.628. The summed E-state index contributed by atoms with van der Waals surface area (Å²) in [7, 11) is 3.90. The summed E-state index contributed by atoms with van der Waals surface area (Å²) in [6.07, 6.45) is 0. The topological polar surface area (TPSA) is 16.1 Å². The van der Waals surface area contributed by atoms with E-state index in [9.17, 15) is 4.39 Å². The molecule has 0 amide bonds. The molecule has 2 aromatic rings. The molecule has 1 aromatic heterocycles. The Balaban J connectivity index is 2.48. The van der Waals surface area contributed by atoms with Crippen LogP contribution in [0, 0.1) is 12.7 Å². The number of benzene rings is 1. The lowest BCUT2D eigenvalue weighted by Crippen LogP contribution is -2.07. The second-order valence-corrected chi connectivity index (χ2v) is 4.79. The zero-order valence-electron chi connectivity index (χ0n) is 9.49. The molecule has 0 saturated heterocycles. The van der Waals surface area contributed by atoms with Gasteiger partial charge in [0.2, 0.25) is 0 Å². The Morgan fingerprint density at radius 3 is 2.62 bits per heavy atom. The SMILES string of the molecule is Cc1nc(N(C)C)sc1-c1cccc(F)c1. The van der Waals surface area contributed by atoms with E-state index in [0.29, 0.717) is 0 Å². The standard InChI is InChI=1S/C12H13FN2S/c1-8-11(16-12(14-8)15(2)3)9-5-4-6-10(13)7-9/h4-7H,1-3H3. The molecule has 0 spiro atoms. The predicted octanol–water partition coefficient (Wildman–Crippen LogP) is 3.32. The normalized spacial score (nSPS) is 10.5. The number of aryl methyl sites for hydroxylation is 1. The van der Waals surface area contributed by atoms with Crippen molar-refractivity contribution in [3.05, 3.63) is 35.8 Å². The van der Waals surface area contributed by atoms with Crippen molar-refractivity contribution in [1.82, 2.24) is 4.98 Å². The van der Waals surface area contributed by atoms with Gasteiger partial charge in [0.1, 0.15) is 5.82 Å². The molecule has 16 heavy (non-hydrogen) atoms. The summed E-state index contributed by atoms with van der Waals surface area (Å²) in [4.78, 5) is 7.43. The van der Waals surface area contributed by atoms with Gasteiger partial charge in [-0.1, -0.05) is 23.5 Å². The van der Waals surface area contributed by atoms with Crippen molar-refractivity contribution in [1.29, 1.82) is 0 Å². The minimum absolute atomic E-state index is 0.211. The first-order valence-electron chi connectivity index (χ1n) is 4.98. The van der Waals surface area contributed by atoms with Crippen molar-refractivity contribution in [3.63, 3.8) is 0 Å². The summed E-state index contributed by atoms with van der Waals surface area (Å²) < 4.78 is 13.1. The maximum absolute atomic E-state index is 13.1. The third-order valence-corrected chi connectivity index (χ3v) is 3.63. The minimum Gasteiger partial charge on any atom is -0.354 e. The third-order valence-electron chi connectivity index (χ3n) is 2.25. The monoisotopic (exact) mass is 236 g/mol. The molecule has 1 heterocycles. The summed E-state index contributed by atoms with van der Waals surface area (Å²) >= 11 is 1.58. The molecule has 0 aliphatic heterocycles. The van der Waals surface area contributed by atoms with Gasteiger partial charge in [0.15, 0.2) is 5.13 Å². The van der Waals surface area contributed by atoms with E-state index in [2.05, 4.69) is 4.98 Å². The predicted molar refractivity (Wildman–Crippen MR) is 66.6 cm³/mol. The number of aromatic nitrogens is 1. The fraction of sp³-hybridized carbons (Fsp3) is 0.250. The zero-order valence-corrected chi connectivity index (χ0v) is 10.3. The van der Waals surface area contributed by atoms with Gasteiger partial charge in [-0.2, -0.15) is 0 Å². The van der Waals surface area contributed by atoms with Gasteiger partial charge in [-0.25, -0.2) is 9.37 Å². The Labute approximate surface area is 98.4 Å². The van der Waals surface area contributed by atoms with E-state index in [4.69, 9.17) is 0 Å². The van der Waals surface area contributed by atoms with Crippen LogP contribution >= 0.6 is 11.3 Å². The summed E-state index contributed by atoms with van der Waals surface area (Å²) in [5.74, 6) is -0.211. The van der Waals surface area contributed by atoms with Gasteiger partial charge in [-0.15, -0.1) is 0 Å². The molecule has 0 aliphatic carbocycles. The fourth-order valence-corrected chi connectivity index (χ4v) is 2.46. The molecular formula is C12H13FN2S. The number of rotatable bonds is 2. The van der Waals surface area contributed by atoms with Gasteiger partial charge in [0, 0.05) is 14.1 Å². The smallest absolute Gasteiger partial charge is 0.185 e. The highest BCUT2D eigenvalue weighted by Gasteiger charge is 2.11. The van der Waals surface area contributed by atoms with Crippen molar-refractivity contribution >= 4 is 16.5 Å². The van der Waals surface area contributed by atoms with Crippen LogP contribution in [0.15, 0.2) is 24.3 Å². The summed E-state index contributed by atoms with van der Waals surface area (Å²) in [6.45, 7) is 1.95. The van der Waals surface area contributed by atoms with Crippen LogP contribution in [0.2, 0.25) is 0 Å². The highest BCUT2D eigenvalue weighted by Crippen LogP contribution is 2.33. The lowest BCUT2D eigenvalue weighted by Gasteiger charge is -2.05. The van der Waals surface area contributed by atoms with Crippen molar-refractivity contribution in [2.24, 2.45) is 0 Å². The Morgan fingerprint density at radius 2 is 2.06 bits per heavy atom. The quantitative estimate of drug-likeness (QED) is 0.795. The number of nitrogens with zero attached hydrogens (tertiary/aromatic N) is 2. The van der Waals surface area contributed by atoms with Gasteiger partial charge in [0.25, 0.3) is 0 Å². The van der Waals surface area contributed by atoms with Crippen LogP contribution in [0.25, 0.3) is 10.4 Å². The number of thiazole rings is 1. The Kier molecular flexibility index (Phi) is 2.92. The number of hydrogen-bond acceptors (Lipinski definition) is 3. The van der Waals surface area contributed by atoms with Crippen LogP contribution in [0.5, 0.6) is 0 Å². The second kappa shape index (κ2) is 4.22. The number of anilines is 1. The van der Waals surface area contributed by atoms with Crippen LogP contribution in [0.3, 0.4) is 0 Å². The number of hydrogen-bond donors (Lipinski definition) is 0. The molecule has 0 atom stereocenters. The highest BCUT2D eigenvalue weighted by molar-refractivity contribution is 7.19. The maximum Gasteiger partial charge on any atom is 0.185 e. The van der Waals surface area contributed by atoms with Crippen LogP contribution < -0.4 is 4.90 Å². The van der Waals surface area contributed by atoms with Gasteiger partial charge in [-0.3, -0.25) is 0 Å². The van der Waals surface area contributed by atoms with E-state index in [1.165, 1.54) is 6.07 Å². The Bertz CT molecular complexity index is 505. The van der Waals surface area contributed by atoms with Crippen molar-refractivity contribution in [2.45, 2.75) is 6.92 Å². The van der Waals surface area contributed by atoms with E-state index in [-0.39, 0.29) is 5.82 Å². The molecular weight excluding hydrogens is 223 g/mol. The van der Waals surface area contributed by atoms with Crippen LogP contribution in [0.4, 0.5) is 9.52 Å². The van der Waals surface area contributed by atoms with E-state index >= 15 is 0 Å². The molecule has 0 bridgehead atoms. The summed E-state index contributed by atoms with van der Waals surface area (Å²) in [5.41, 5.74) is 1.84. The summed E-state index contributed by atoms with van der Waals surface area (Å²) in [6, 6.07) is 6.62. The molecule has 4 heteroatoms. The first-order valence-corrected chi connectivity index (χ1v) is 5.80. The molecule has 0 aliphatic rings. The molecule has 1 aromatic carbocycles. The van der Waals surface area contributed by atoms with Gasteiger partial charge < -0.3 is 4.90 Å². The van der Waals surface area contributed by atoms with Crippen molar-refractivity contribution in [3.8, 4) is 10.4 Å². The molecule has 2 nitrogen and oxygen atoms in total. The molecule has 2 rings (SSSR count). The van der Waals surface area contributed by atoms with E-state index in [0.717, 1.165) is 21.3 Å². The van der Waals surface area contributed by atoms with E-state index in [1.54, 1.807) is 23.5 Å². The molecule has 0 unspecified atom stereocenters. The zero-order chi connectivity index (χ0) is 11.7. The Morgan fingerprint density at radius 1 is 1.31 bits per heavy atom. The third kappa shape index (κ3) is 2.07.